The van der Waals surface area contributed by atoms with E-state index in [9.17, 15) is 4.79 Å². The molecule has 1 amide bonds. The first-order chi connectivity index (χ1) is 15.6. The van der Waals surface area contributed by atoms with Crippen LogP contribution in [0.3, 0.4) is 0 Å². The Morgan fingerprint density at radius 2 is 1.62 bits per heavy atom. The summed E-state index contributed by atoms with van der Waals surface area (Å²) in [6.45, 7) is 4.39. The zero-order valence-corrected chi connectivity index (χ0v) is 17.5. The van der Waals surface area contributed by atoms with E-state index in [0.29, 0.717) is 23.6 Å². The Bertz CT molecular complexity index is 1200. The standard InChI is InChI=1S/C24H22N6O2/c1-17(19-12-14-22(32-2)15-13-19)25-27-24(31)21-10-8-18(9-11-21)16-30-28-23(26-29-30)20-6-4-3-5-7-20/h3-15,25H,1,16H2,2H3,(H,27,31). The summed E-state index contributed by atoms with van der Waals surface area (Å²) >= 11 is 0. The Morgan fingerprint density at radius 3 is 2.31 bits per heavy atom. The molecule has 0 aliphatic carbocycles. The molecule has 0 fully saturated rings. The average molecular weight is 426 g/mol. The lowest BCUT2D eigenvalue weighted by Crippen LogP contribution is -2.35. The number of nitrogens with one attached hydrogen (secondary N) is 2. The molecule has 3 aromatic carbocycles. The van der Waals surface area contributed by atoms with Crippen LogP contribution >= 0.6 is 0 Å². The summed E-state index contributed by atoms with van der Waals surface area (Å²) in [6, 6.07) is 24.3. The van der Waals surface area contributed by atoms with E-state index in [1.807, 2.05) is 66.7 Å². The number of rotatable bonds is 8. The Morgan fingerprint density at radius 1 is 0.938 bits per heavy atom. The lowest BCUT2D eigenvalue weighted by atomic mass is 10.1. The van der Waals surface area contributed by atoms with Crippen LogP contribution in [-0.4, -0.2) is 33.2 Å². The third-order valence-electron chi connectivity index (χ3n) is 4.79. The van der Waals surface area contributed by atoms with Gasteiger partial charge in [0, 0.05) is 11.1 Å². The number of nitrogens with zero attached hydrogens (tertiary/aromatic N) is 4. The van der Waals surface area contributed by atoms with Crippen LogP contribution in [0.5, 0.6) is 5.75 Å². The van der Waals surface area contributed by atoms with Crippen LogP contribution in [0.2, 0.25) is 0 Å². The van der Waals surface area contributed by atoms with Crippen LogP contribution in [0.1, 0.15) is 21.5 Å². The van der Waals surface area contributed by atoms with Gasteiger partial charge in [-0.25, -0.2) is 0 Å². The fourth-order valence-corrected chi connectivity index (χ4v) is 3.01. The predicted octanol–water partition coefficient (Wildman–Crippen LogP) is 3.30. The van der Waals surface area contributed by atoms with Crippen molar-refractivity contribution >= 4 is 11.6 Å². The SMILES string of the molecule is C=C(NNC(=O)c1ccc(Cn2nnc(-c3ccccc3)n2)cc1)c1ccc(OC)cc1. The highest BCUT2D eigenvalue weighted by Gasteiger charge is 2.09. The van der Waals surface area contributed by atoms with Crippen LogP contribution in [0.25, 0.3) is 17.1 Å². The second kappa shape index (κ2) is 9.57. The minimum atomic E-state index is -0.267. The number of carbonyl (C=O) groups is 1. The van der Waals surface area contributed by atoms with E-state index >= 15 is 0 Å². The lowest BCUT2D eigenvalue weighted by molar-refractivity contribution is 0.0942. The molecular formula is C24H22N6O2. The molecule has 4 rings (SSSR count). The maximum absolute atomic E-state index is 12.4. The fraction of sp³-hybridized carbons (Fsp3) is 0.0833. The van der Waals surface area contributed by atoms with Crippen molar-refractivity contribution in [3.05, 3.63) is 102 Å². The molecular weight excluding hydrogens is 404 g/mol. The zero-order chi connectivity index (χ0) is 22.3. The number of benzene rings is 3. The molecule has 0 radical (unpaired) electrons. The Balaban J connectivity index is 1.32. The van der Waals surface area contributed by atoms with Crippen LogP contribution in [0.15, 0.2) is 85.4 Å². The highest BCUT2D eigenvalue weighted by molar-refractivity contribution is 5.94. The monoisotopic (exact) mass is 426 g/mol. The molecule has 0 saturated heterocycles. The van der Waals surface area contributed by atoms with Crippen LogP contribution in [0.4, 0.5) is 0 Å². The lowest BCUT2D eigenvalue weighted by Gasteiger charge is -2.12. The molecule has 0 aliphatic rings. The highest BCUT2D eigenvalue weighted by Crippen LogP contribution is 2.15. The summed E-state index contributed by atoms with van der Waals surface area (Å²) in [5, 5.41) is 12.6. The van der Waals surface area contributed by atoms with E-state index in [0.717, 1.165) is 22.4 Å². The summed E-state index contributed by atoms with van der Waals surface area (Å²) in [5.41, 5.74) is 9.29. The number of hydrazine groups is 1. The molecule has 0 spiro atoms. The molecule has 8 nitrogen and oxygen atoms in total. The Hall–Kier alpha value is -4.46. The minimum Gasteiger partial charge on any atom is -0.497 e. The van der Waals surface area contributed by atoms with Gasteiger partial charge in [0.05, 0.1) is 19.4 Å². The summed E-state index contributed by atoms with van der Waals surface area (Å²) in [5.74, 6) is 1.06. The van der Waals surface area contributed by atoms with Crippen molar-refractivity contribution in [2.75, 3.05) is 7.11 Å². The second-order valence-electron chi connectivity index (χ2n) is 6.99. The van der Waals surface area contributed by atoms with Gasteiger partial charge in [-0.2, -0.15) is 4.80 Å². The zero-order valence-electron chi connectivity index (χ0n) is 17.5. The van der Waals surface area contributed by atoms with Gasteiger partial charge in [0.15, 0.2) is 0 Å². The Kier molecular flexibility index (Phi) is 6.22. The average Bonchev–Trinajstić information content (AvgIpc) is 3.32. The molecule has 32 heavy (non-hydrogen) atoms. The normalized spacial score (nSPS) is 10.4. The molecule has 160 valence electrons. The molecule has 0 unspecified atom stereocenters. The van der Waals surface area contributed by atoms with Crippen molar-refractivity contribution in [2.24, 2.45) is 0 Å². The van der Waals surface area contributed by atoms with Gasteiger partial charge >= 0.3 is 0 Å². The van der Waals surface area contributed by atoms with E-state index < -0.39 is 0 Å². The molecule has 2 N–H and O–H groups in total. The van der Waals surface area contributed by atoms with Gasteiger partial charge in [0.1, 0.15) is 5.75 Å². The molecule has 8 heteroatoms. The van der Waals surface area contributed by atoms with Crippen molar-refractivity contribution in [3.63, 3.8) is 0 Å². The molecule has 0 aliphatic heterocycles. The minimum absolute atomic E-state index is 0.267. The first-order valence-electron chi connectivity index (χ1n) is 9.94. The number of aromatic nitrogens is 4. The van der Waals surface area contributed by atoms with Gasteiger partial charge in [-0.05, 0) is 52.7 Å². The number of ether oxygens (including phenoxy) is 1. The van der Waals surface area contributed by atoms with Crippen LogP contribution in [0, 0.1) is 0 Å². The topological polar surface area (TPSA) is 94.0 Å². The van der Waals surface area contributed by atoms with E-state index in [1.54, 1.807) is 19.2 Å². The summed E-state index contributed by atoms with van der Waals surface area (Å²) in [7, 11) is 1.61. The van der Waals surface area contributed by atoms with Gasteiger partial charge in [0.2, 0.25) is 5.82 Å². The molecule has 1 aromatic heterocycles. The Labute approximate surface area is 185 Å². The van der Waals surface area contributed by atoms with Crippen molar-refractivity contribution in [1.82, 2.24) is 31.1 Å². The second-order valence-corrected chi connectivity index (χ2v) is 6.99. The van der Waals surface area contributed by atoms with Gasteiger partial charge in [0.25, 0.3) is 5.91 Å². The number of tetrazole rings is 1. The molecule has 0 saturated carbocycles. The van der Waals surface area contributed by atoms with Gasteiger partial charge in [-0.1, -0.05) is 49.0 Å². The maximum atomic E-state index is 12.4. The number of methoxy groups -OCH3 is 1. The molecule has 0 bridgehead atoms. The quantitative estimate of drug-likeness (QED) is 0.420. The first-order valence-corrected chi connectivity index (χ1v) is 9.94. The van der Waals surface area contributed by atoms with Crippen LogP contribution < -0.4 is 15.6 Å². The van der Waals surface area contributed by atoms with E-state index in [-0.39, 0.29) is 5.91 Å². The van der Waals surface area contributed by atoms with E-state index in [1.165, 1.54) is 4.80 Å². The molecule has 0 atom stereocenters. The number of amides is 1. The third kappa shape index (κ3) is 4.99. The number of hydrogen-bond acceptors (Lipinski definition) is 6. The summed E-state index contributed by atoms with van der Waals surface area (Å²) in [6.07, 6.45) is 0. The largest absolute Gasteiger partial charge is 0.497 e. The van der Waals surface area contributed by atoms with Gasteiger partial charge in [-0.15, -0.1) is 10.2 Å². The first kappa shape index (κ1) is 20.8. The fourth-order valence-electron chi connectivity index (χ4n) is 3.01. The number of hydrogen-bond donors (Lipinski definition) is 2. The van der Waals surface area contributed by atoms with E-state index in [4.69, 9.17) is 4.74 Å². The van der Waals surface area contributed by atoms with Crippen molar-refractivity contribution < 1.29 is 9.53 Å². The summed E-state index contributed by atoms with van der Waals surface area (Å²) in [4.78, 5) is 14.0. The van der Waals surface area contributed by atoms with Crippen molar-refractivity contribution in [3.8, 4) is 17.1 Å². The summed E-state index contributed by atoms with van der Waals surface area (Å²) < 4.78 is 5.14. The predicted molar refractivity (Wildman–Crippen MR) is 121 cm³/mol. The third-order valence-corrected chi connectivity index (χ3v) is 4.79. The number of carbonyl (C=O) groups excluding carboxylic acids is 1. The smallest absolute Gasteiger partial charge is 0.269 e. The molecule has 4 aromatic rings. The van der Waals surface area contributed by atoms with Gasteiger partial charge < -0.3 is 4.74 Å². The molecule has 1 heterocycles. The van der Waals surface area contributed by atoms with Crippen molar-refractivity contribution in [2.45, 2.75) is 6.54 Å². The van der Waals surface area contributed by atoms with Crippen molar-refractivity contribution in [1.29, 1.82) is 0 Å². The van der Waals surface area contributed by atoms with Crippen LogP contribution in [-0.2, 0) is 6.54 Å². The van der Waals surface area contributed by atoms with E-state index in [2.05, 4.69) is 32.8 Å². The highest BCUT2D eigenvalue weighted by atomic mass is 16.5. The maximum Gasteiger partial charge on any atom is 0.269 e. The van der Waals surface area contributed by atoms with Gasteiger partial charge in [-0.3, -0.25) is 15.6 Å².